The fourth-order valence-electron chi connectivity index (χ4n) is 5.63. The van der Waals surface area contributed by atoms with Gasteiger partial charge in [-0.05, 0) is 103 Å². The Morgan fingerprint density at radius 2 is 0.900 bits per heavy atom. The average molecular weight is 634 g/mol. The second-order valence-corrected chi connectivity index (χ2v) is 14.0. The van der Waals surface area contributed by atoms with Crippen LogP contribution in [0.15, 0.2) is 109 Å². The summed E-state index contributed by atoms with van der Waals surface area (Å²) >= 11 is 2.54. The van der Waals surface area contributed by atoms with E-state index in [1.165, 1.54) is 64.4 Å². The third-order valence-corrected chi connectivity index (χ3v) is 9.14. The molecule has 5 aromatic carbocycles. The van der Waals surface area contributed by atoms with Gasteiger partial charge in [0.1, 0.15) is 0 Å². The van der Waals surface area contributed by atoms with E-state index in [2.05, 4.69) is 178 Å². The predicted molar refractivity (Wildman–Crippen MR) is 182 cm³/mol. The first-order chi connectivity index (χ1) is 19.0. The Hall–Kier alpha value is -3.37. The highest BCUT2D eigenvalue weighted by atomic mass is 127. The van der Waals surface area contributed by atoms with Crippen LogP contribution in [0.5, 0.6) is 0 Å². The molecule has 1 nitrogen and oxygen atoms in total. The van der Waals surface area contributed by atoms with E-state index in [9.17, 15) is 0 Å². The molecule has 2 heteroatoms. The zero-order valence-electron chi connectivity index (χ0n) is 24.2. The highest BCUT2D eigenvalue weighted by molar-refractivity contribution is 14.1. The number of fused-ring (bicyclic) bond motifs is 3. The quantitative estimate of drug-likeness (QED) is 0.171. The molecule has 200 valence electrons. The third-order valence-electron chi connectivity index (χ3n) is 7.98. The molecule has 0 aliphatic heterocycles. The van der Waals surface area contributed by atoms with Crippen molar-refractivity contribution < 1.29 is 0 Å². The molecule has 0 atom stereocenters. The van der Waals surface area contributed by atoms with Crippen molar-refractivity contribution in [3.63, 3.8) is 0 Å². The normalized spacial score (nSPS) is 12.4. The van der Waals surface area contributed by atoms with Gasteiger partial charge in [-0.15, -0.1) is 0 Å². The Morgan fingerprint density at radius 1 is 0.500 bits per heavy atom. The topological polar surface area (TPSA) is 4.93 Å². The summed E-state index contributed by atoms with van der Waals surface area (Å²) in [6, 6.07) is 40.4. The minimum Gasteiger partial charge on any atom is -0.309 e. The number of hydrogen-bond donors (Lipinski definition) is 0. The zero-order chi connectivity index (χ0) is 28.2. The van der Waals surface area contributed by atoms with Crippen LogP contribution in [0.2, 0.25) is 0 Å². The van der Waals surface area contributed by atoms with Gasteiger partial charge in [0.25, 0.3) is 0 Å². The molecule has 0 spiro atoms. The van der Waals surface area contributed by atoms with E-state index in [4.69, 9.17) is 0 Å². The van der Waals surface area contributed by atoms with Gasteiger partial charge in [0, 0.05) is 20.0 Å². The summed E-state index contributed by atoms with van der Waals surface area (Å²) in [4.78, 5) is 0. The third kappa shape index (κ3) is 4.77. The maximum Gasteiger partial charge on any atom is 0.0541 e. The van der Waals surface area contributed by atoms with Crippen molar-refractivity contribution in [1.82, 2.24) is 4.57 Å². The summed E-state index contributed by atoms with van der Waals surface area (Å²) in [6.45, 7) is 13.8. The first kappa shape index (κ1) is 26.8. The molecule has 0 saturated heterocycles. The van der Waals surface area contributed by atoms with Gasteiger partial charge in [0.05, 0.1) is 11.0 Å². The van der Waals surface area contributed by atoms with Crippen LogP contribution in [-0.2, 0) is 10.8 Å². The lowest BCUT2D eigenvalue weighted by molar-refractivity contribution is 0.590. The smallest absolute Gasteiger partial charge is 0.0541 e. The molecule has 0 aliphatic carbocycles. The van der Waals surface area contributed by atoms with Crippen LogP contribution in [0.1, 0.15) is 52.7 Å². The average Bonchev–Trinajstić information content (AvgIpc) is 3.26. The molecule has 0 N–H and O–H groups in total. The summed E-state index contributed by atoms with van der Waals surface area (Å²) in [6.07, 6.45) is 0. The van der Waals surface area contributed by atoms with E-state index in [1.54, 1.807) is 0 Å². The van der Waals surface area contributed by atoms with Crippen LogP contribution in [0.25, 0.3) is 49.7 Å². The molecule has 0 amide bonds. The van der Waals surface area contributed by atoms with Gasteiger partial charge in [0.15, 0.2) is 0 Å². The maximum atomic E-state index is 2.54. The Balaban J connectivity index is 1.72. The second-order valence-electron chi connectivity index (χ2n) is 12.9. The van der Waals surface area contributed by atoms with E-state index >= 15 is 0 Å². The standard InChI is InChI=1S/C38H36IN/c1-37(2,3)27-17-19-34-32(21-27)33-22-28(38(4,5)6)18-20-35(33)40(34)29-23-30(25-13-9-7-10-14-25)36(39)31(24-29)26-15-11-8-12-16-26/h7-24H,1-6H3. The van der Waals surface area contributed by atoms with Crippen molar-refractivity contribution >= 4 is 44.4 Å². The van der Waals surface area contributed by atoms with E-state index in [0.29, 0.717) is 0 Å². The number of benzene rings is 5. The summed E-state index contributed by atoms with van der Waals surface area (Å²) < 4.78 is 3.74. The minimum absolute atomic E-state index is 0.0774. The molecule has 0 unspecified atom stereocenters. The lowest BCUT2D eigenvalue weighted by Gasteiger charge is -2.19. The highest BCUT2D eigenvalue weighted by Crippen LogP contribution is 2.41. The van der Waals surface area contributed by atoms with Crippen molar-refractivity contribution in [3.05, 3.63) is 124 Å². The van der Waals surface area contributed by atoms with Crippen LogP contribution in [-0.4, -0.2) is 4.57 Å². The first-order valence-corrected chi connectivity index (χ1v) is 15.1. The Labute approximate surface area is 252 Å². The molecular weight excluding hydrogens is 597 g/mol. The zero-order valence-corrected chi connectivity index (χ0v) is 26.4. The molecule has 6 aromatic rings. The Bertz CT molecular complexity index is 1710. The lowest BCUT2D eigenvalue weighted by Crippen LogP contribution is -2.10. The molecule has 0 radical (unpaired) electrons. The Kier molecular flexibility index (Phi) is 6.65. The van der Waals surface area contributed by atoms with Crippen molar-refractivity contribution in [2.75, 3.05) is 0 Å². The fraction of sp³-hybridized carbons (Fsp3) is 0.211. The minimum atomic E-state index is 0.0774. The maximum absolute atomic E-state index is 2.54. The number of nitrogens with zero attached hydrogens (tertiary/aromatic N) is 1. The lowest BCUT2D eigenvalue weighted by atomic mass is 9.85. The summed E-state index contributed by atoms with van der Waals surface area (Å²) in [5, 5.41) is 2.63. The van der Waals surface area contributed by atoms with Gasteiger partial charge < -0.3 is 4.57 Å². The Morgan fingerprint density at radius 3 is 1.27 bits per heavy atom. The van der Waals surface area contributed by atoms with Gasteiger partial charge >= 0.3 is 0 Å². The van der Waals surface area contributed by atoms with Crippen molar-refractivity contribution in [2.24, 2.45) is 0 Å². The molecule has 6 rings (SSSR count). The molecule has 0 fully saturated rings. The number of halogens is 1. The van der Waals surface area contributed by atoms with Crippen LogP contribution < -0.4 is 0 Å². The van der Waals surface area contributed by atoms with Crippen molar-refractivity contribution in [2.45, 2.75) is 52.4 Å². The van der Waals surface area contributed by atoms with Gasteiger partial charge in [-0.25, -0.2) is 0 Å². The monoisotopic (exact) mass is 633 g/mol. The molecule has 40 heavy (non-hydrogen) atoms. The molecule has 0 aliphatic rings. The van der Waals surface area contributed by atoms with E-state index in [0.717, 1.165) is 0 Å². The summed E-state index contributed by atoms with van der Waals surface area (Å²) in [5.41, 5.74) is 11.5. The van der Waals surface area contributed by atoms with Crippen LogP contribution >= 0.6 is 22.6 Å². The van der Waals surface area contributed by atoms with Gasteiger partial charge in [-0.2, -0.15) is 0 Å². The highest BCUT2D eigenvalue weighted by Gasteiger charge is 2.22. The molecule has 1 heterocycles. The van der Waals surface area contributed by atoms with Crippen LogP contribution in [0.3, 0.4) is 0 Å². The predicted octanol–water partition coefficient (Wildman–Crippen LogP) is 11.3. The molecular formula is C38H36IN. The molecule has 0 bridgehead atoms. The largest absolute Gasteiger partial charge is 0.309 e. The second kappa shape index (κ2) is 9.92. The number of aromatic nitrogens is 1. The van der Waals surface area contributed by atoms with Crippen molar-refractivity contribution in [3.8, 4) is 27.9 Å². The van der Waals surface area contributed by atoms with Gasteiger partial charge in [-0.3, -0.25) is 0 Å². The van der Waals surface area contributed by atoms with Gasteiger partial charge in [-0.1, -0.05) is 114 Å². The summed E-state index contributed by atoms with van der Waals surface area (Å²) in [7, 11) is 0. The number of hydrogen-bond acceptors (Lipinski definition) is 0. The van der Waals surface area contributed by atoms with Crippen molar-refractivity contribution in [1.29, 1.82) is 0 Å². The molecule has 1 aromatic heterocycles. The van der Waals surface area contributed by atoms with E-state index < -0.39 is 0 Å². The van der Waals surface area contributed by atoms with Crippen LogP contribution in [0, 0.1) is 3.57 Å². The summed E-state index contributed by atoms with van der Waals surface area (Å²) in [5.74, 6) is 0. The fourth-order valence-corrected chi connectivity index (χ4v) is 6.56. The van der Waals surface area contributed by atoms with Gasteiger partial charge in [0.2, 0.25) is 0 Å². The SMILES string of the molecule is CC(C)(C)c1ccc2c(c1)c1cc(C(C)(C)C)ccc1n2-c1cc(-c2ccccc2)c(I)c(-c2ccccc2)c1. The van der Waals surface area contributed by atoms with Crippen LogP contribution in [0.4, 0.5) is 0 Å². The van der Waals surface area contributed by atoms with E-state index in [-0.39, 0.29) is 10.8 Å². The van der Waals surface area contributed by atoms with E-state index in [1.807, 2.05) is 0 Å². The number of rotatable bonds is 3. The first-order valence-electron chi connectivity index (χ1n) is 14.1. The molecule has 0 saturated carbocycles.